The van der Waals surface area contributed by atoms with Gasteiger partial charge < -0.3 is 43.7 Å². The molecule has 8 atom stereocenters. The summed E-state index contributed by atoms with van der Waals surface area (Å²) in [7, 11) is -16.8. The smallest absolute Gasteiger partial charge is 0.279 e. The summed E-state index contributed by atoms with van der Waals surface area (Å²) in [4.78, 5) is 50.2. The standard InChI is InChI=1S/C26H30N5O12P3S/c1-47-26-29-23(27)20-24(30-26)31(15-28-20)25-22-21(40-19(41-22)12-16-8-4-2-5-9-16)18(39-25)13-38-45(34,35)43-46(36,37)42-44(32,33)14-17-10-6-3-7-11-17/h2-11,15,18-19,21-22,25H,12-14H2,1H3,(H,32,33)(H,34,35)(H,36,37)(H2,27,29,30)/p-3/t18-,19?,21+,22?,25-/m1/s1. The van der Waals surface area contributed by atoms with E-state index in [1.165, 1.54) is 42.4 Å². The molecule has 2 saturated heterocycles. The molecule has 0 spiro atoms. The molecular weight excluding hydrogens is 699 g/mol. The Hall–Kier alpha value is -2.53. The zero-order chi connectivity index (χ0) is 33.4. The number of hydrogen-bond acceptors (Lipinski definition) is 17. The molecule has 47 heavy (non-hydrogen) atoms. The number of nitrogens with zero attached hydrogens (tertiary/aromatic N) is 4. The molecule has 5 unspecified atom stereocenters. The first-order valence-corrected chi connectivity index (χ1v) is 19.8. The van der Waals surface area contributed by atoms with Crippen molar-refractivity contribution < 1.29 is 55.7 Å². The maximum Gasteiger partial charge on any atom is 0.279 e. The summed E-state index contributed by atoms with van der Waals surface area (Å²) in [5, 5.41) is 0.372. The molecule has 0 saturated carbocycles. The molecule has 2 N–H and O–H groups in total. The molecule has 0 aliphatic carbocycles. The second-order valence-electron chi connectivity index (χ2n) is 10.4. The van der Waals surface area contributed by atoms with Crippen molar-refractivity contribution in [1.82, 2.24) is 19.5 Å². The van der Waals surface area contributed by atoms with Crippen molar-refractivity contribution in [3.8, 4) is 0 Å². The SMILES string of the molecule is CSc1nc(N)c2ncn([C@@H]3O[C@H](COP(=O)([O-])OP(=O)([O-])OP(=O)([O-])Cc4ccccc4)[C@@H]4OC(Cc5ccccc5)OC43)c2n1. The number of thioether (sulfide) groups is 1. The number of phosphoric acid groups is 2. The first-order valence-electron chi connectivity index (χ1n) is 13.9. The zero-order valence-corrected chi connectivity index (χ0v) is 27.9. The van der Waals surface area contributed by atoms with Gasteiger partial charge in [-0.25, -0.2) is 19.3 Å². The van der Waals surface area contributed by atoms with Gasteiger partial charge in [-0.05, 0) is 17.4 Å². The molecule has 4 aromatic rings. The van der Waals surface area contributed by atoms with Gasteiger partial charge in [0.1, 0.15) is 31.4 Å². The van der Waals surface area contributed by atoms with E-state index in [9.17, 15) is 28.4 Å². The molecule has 6 rings (SSSR count). The number of ether oxygens (including phenoxy) is 3. The lowest BCUT2D eigenvalue weighted by molar-refractivity contribution is -0.246. The predicted molar refractivity (Wildman–Crippen MR) is 160 cm³/mol. The molecule has 0 radical (unpaired) electrons. The Labute approximate surface area is 272 Å². The normalized spacial score (nSPS) is 26.4. The topological polar surface area (TPSA) is 245 Å². The Balaban J connectivity index is 1.18. The number of imidazole rings is 1. The zero-order valence-electron chi connectivity index (χ0n) is 24.4. The van der Waals surface area contributed by atoms with Crippen LogP contribution in [0.2, 0.25) is 0 Å². The van der Waals surface area contributed by atoms with E-state index in [-0.39, 0.29) is 11.4 Å². The van der Waals surface area contributed by atoms with Crippen molar-refractivity contribution in [3.63, 3.8) is 0 Å². The average molecular weight is 727 g/mol. The summed E-state index contributed by atoms with van der Waals surface area (Å²) in [6.45, 7) is -0.793. The molecule has 0 amide bonds. The van der Waals surface area contributed by atoms with Crippen LogP contribution in [0.4, 0.5) is 5.82 Å². The van der Waals surface area contributed by atoms with Crippen LogP contribution in [-0.2, 0) is 53.6 Å². The Bertz CT molecular complexity index is 1870. The van der Waals surface area contributed by atoms with Gasteiger partial charge in [0.25, 0.3) is 15.6 Å². The highest BCUT2D eigenvalue weighted by Gasteiger charge is 2.54. The lowest BCUT2D eigenvalue weighted by atomic mass is 10.1. The Morgan fingerprint density at radius 1 is 0.894 bits per heavy atom. The van der Waals surface area contributed by atoms with Crippen LogP contribution < -0.4 is 20.4 Å². The molecule has 2 aliphatic heterocycles. The molecular formula is C26H27N5O12P3S-3. The van der Waals surface area contributed by atoms with Gasteiger partial charge in [0.15, 0.2) is 29.1 Å². The van der Waals surface area contributed by atoms with Gasteiger partial charge in [-0.1, -0.05) is 72.4 Å². The van der Waals surface area contributed by atoms with Gasteiger partial charge in [-0.3, -0.25) is 18.0 Å². The summed E-state index contributed by atoms with van der Waals surface area (Å²) < 4.78 is 70.3. The van der Waals surface area contributed by atoms with Crippen LogP contribution in [-0.4, -0.2) is 57.0 Å². The number of nitrogen functional groups attached to an aromatic ring is 1. The molecule has 2 aromatic carbocycles. The second-order valence-corrected chi connectivity index (χ2v) is 16.1. The minimum absolute atomic E-state index is 0.137. The van der Waals surface area contributed by atoms with Crippen LogP contribution in [0.3, 0.4) is 0 Å². The van der Waals surface area contributed by atoms with E-state index < -0.39 is 66.8 Å². The molecule has 2 aliphatic rings. The molecule has 0 bridgehead atoms. The lowest BCUT2D eigenvalue weighted by Crippen LogP contribution is -2.32. The largest absolute Gasteiger partial charge is 0.778 e. The van der Waals surface area contributed by atoms with Crippen molar-refractivity contribution >= 4 is 52.0 Å². The van der Waals surface area contributed by atoms with E-state index in [0.29, 0.717) is 22.7 Å². The number of rotatable bonds is 13. The number of fused-ring (bicyclic) bond motifs is 2. The van der Waals surface area contributed by atoms with Crippen LogP contribution in [0.15, 0.2) is 72.1 Å². The molecule has 252 valence electrons. The van der Waals surface area contributed by atoms with Crippen LogP contribution in [0, 0.1) is 0 Å². The highest BCUT2D eigenvalue weighted by atomic mass is 32.2. The quantitative estimate of drug-likeness (QED) is 0.118. The fourth-order valence-corrected chi connectivity index (χ4v) is 9.53. The third-order valence-corrected chi connectivity index (χ3v) is 12.2. The summed E-state index contributed by atoms with van der Waals surface area (Å²) in [6.07, 6.45) is -1.90. The molecule has 17 nitrogen and oxygen atoms in total. The van der Waals surface area contributed by atoms with Gasteiger partial charge in [-0.2, -0.15) is 0 Å². The molecule has 2 aromatic heterocycles. The van der Waals surface area contributed by atoms with Crippen LogP contribution in [0.1, 0.15) is 17.4 Å². The first-order chi connectivity index (χ1) is 22.3. The van der Waals surface area contributed by atoms with Crippen LogP contribution >= 0.6 is 35.0 Å². The fraction of sp³-hybridized carbons (Fsp3) is 0.346. The van der Waals surface area contributed by atoms with E-state index in [0.717, 1.165) is 5.56 Å². The van der Waals surface area contributed by atoms with Crippen LogP contribution in [0.25, 0.3) is 11.2 Å². The van der Waals surface area contributed by atoms with Crippen molar-refractivity contribution in [2.24, 2.45) is 0 Å². The summed E-state index contributed by atoms with van der Waals surface area (Å²) in [5.74, 6) is 0.137. The molecule has 4 heterocycles. The Kier molecular flexibility index (Phi) is 10.1. The van der Waals surface area contributed by atoms with Gasteiger partial charge >= 0.3 is 0 Å². The molecule has 21 heteroatoms. The van der Waals surface area contributed by atoms with Gasteiger partial charge in [-0.15, -0.1) is 0 Å². The van der Waals surface area contributed by atoms with Crippen molar-refractivity contribution in [2.45, 2.75) is 48.6 Å². The summed E-state index contributed by atoms with van der Waals surface area (Å²) >= 11 is 1.26. The van der Waals surface area contributed by atoms with Crippen molar-refractivity contribution in [1.29, 1.82) is 0 Å². The third kappa shape index (κ3) is 8.20. The highest BCUT2D eigenvalue weighted by Crippen LogP contribution is 2.63. The first kappa shape index (κ1) is 34.3. The monoisotopic (exact) mass is 726 g/mol. The number of nitrogens with two attached hydrogens (primary N) is 1. The van der Waals surface area contributed by atoms with E-state index >= 15 is 0 Å². The van der Waals surface area contributed by atoms with Gasteiger partial charge in [0.05, 0.1) is 12.9 Å². The summed E-state index contributed by atoms with van der Waals surface area (Å²) in [5.41, 5.74) is 7.82. The lowest BCUT2D eigenvalue weighted by Gasteiger charge is -2.35. The number of aromatic nitrogens is 4. The Morgan fingerprint density at radius 3 is 2.23 bits per heavy atom. The fourth-order valence-electron chi connectivity index (χ4n) is 5.17. The van der Waals surface area contributed by atoms with Gasteiger partial charge in [0, 0.05) is 12.6 Å². The minimum Gasteiger partial charge on any atom is -0.778 e. The van der Waals surface area contributed by atoms with Crippen LogP contribution in [0.5, 0.6) is 0 Å². The van der Waals surface area contributed by atoms with E-state index in [1.807, 2.05) is 30.3 Å². The van der Waals surface area contributed by atoms with E-state index in [4.69, 9.17) is 24.5 Å². The Morgan fingerprint density at radius 2 is 1.55 bits per heavy atom. The van der Waals surface area contributed by atoms with Gasteiger partial charge in [0.2, 0.25) is 0 Å². The highest BCUT2D eigenvalue weighted by molar-refractivity contribution is 7.98. The van der Waals surface area contributed by atoms with Crippen molar-refractivity contribution in [3.05, 3.63) is 78.1 Å². The second kappa shape index (κ2) is 13.8. The van der Waals surface area contributed by atoms with E-state index in [2.05, 4.69) is 23.6 Å². The minimum atomic E-state index is -5.96. The van der Waals surface area contributed by atoms with E-state index in [1.54, 1.807) is 16.9 Å². The number of benzene rings is 2. The third-order valence-electron chi connectivity index (χ3n) is 7.07. The number of anilines is 1. The maximum absolute atomic E-state index is 12.6. The predicted octanol–water partition coefficient (Wildman–Crippen LogP) is 2.12. The summed E-state index contributed by atoms with van der Waals surface area (Å²) in [6, 6.07) is 16.9. The molecule has 2 fully saturated rings. The van der Waals surface area contributed by atoms with Crippen molar-refractivity contribution in [2.75, 3.05) is 18.6 Å². The number of hydrogen-bond donors (Lipinski definition) is 1. The maximum atomic E-state index is 12.6. The number of phosphoric ester groups is 1. The average Bonchev–Trinajstić information content (AvgIpc) is 3.69.